The Morgan fingerprint density at radius 2 is 1.86 bits per heavy atom. The van der Waals surface area contributed by atoms with Crippen molar-refractivity contribution in [3.63, 3.8) is 0 Å². The molecule has 0 aliphatic rings. The van der Waals surface area contributed by atoms with Crippen LogP contribution in [0.15, 0.2) is 79.8 Å². The molecule has 3 aromatic rings. The predicted molar refractivity (Wildman–Crippen MR) is 120 cm³/mol. The van der Waals surface area contributed by atoms with Gasteiger partial charge in [-0.05, 0) is 54.9 Å². The van der Waals surface area contributed by atoms with Gasteiger partial charge in [-0.1, -0.05) is 60.7 Å². The normalized spacial score (nSPS) is 12.2. The molecule has 3 heteroatoms. The maximum Gasteiger partial charge on any atom is 0.0973 e. The number of benzene rings is 2. The van der Waals surface area contributed by atoms with E-state index >= 15 is 0 Å². The molecule has 2 nitrogen and oxygen atoms in total. The van der Waals surface area contributed by atoms with E-state index in [1.807, 2.05) is 6.08 Å². The van der Waals surface area contributed by atoms with Gasteiger partial charge >= 0.3 is 0 Å². The Morgan fingerprint density at radius 1 is 1.07 bits per heavy atom. The fourth-order valence-electron chi connectivity index (χ4n) is 3.31. The molecule has 0 N–H and O–H groups in total. The lowest BCUT2D eigenvalue weighted by Crippen LogP contribution is -1.92. The Labute approximate surface area is 172 Å². The molecule has 0 amide bonds. The van der Waals surface area contributed by atoms with E-state index in [4.69, 9.17) is 0 Å². The van der Waals surface area contributed by atoms with Crippen molar-refractivity contribution in [3.05, 3.63) is 90.9 Å². The zero-order chi connectivity index (χ0) is 20.5. The minimum atomic E-state index is -0.714. The second kappa shape index (κ2) is 10.5. The number of unbranched alkanes of at least 4 members (excludes halogenated alkanes) is 1. The minimum absolute atomic E-state index is 0.626. The summed E-state index contributed by atoms with van der Waals surface area (Å²) in [5.41, 5.74) is 6.64. The highest BCUT2D eigenvalue weighted by Gasteiger charge is 2.08. The molecule has 1 aromatic heterocycles. The van der Waals surface area contributed by atoms with Crippen molar-refractivity contribution in [1.82, 2.24) is 9.97 Å². The van der Waals surface area contributed by atoms with Crippen molar-refractivity contribution in [3.8, 4) is 22.4 Å². The fourth-order valence-corrected chi connectivity index (χ4v) is 3.31. The Bertz CT molecular complexity index is 944. The zero-order valence-corrected chi connectivity index (χ0v) is 16.9. The summed E-state index contributed by atoms with van der Waals surface area (Å²) < 4.78 is 12.8. The van der Waals surface area contributed by atoms with Gasteiger partial charge in [-0.2, -0.15) is 0 Å². The van der Waals surface area contributed by atoms with Crippen molar-refractivity contribution in [2.45, 2.75) is 38.8 Å². The number of nitrogens with zero attached hydrogens (tertiary/aromatic N) is 2. The van der Waals surface area contributed by atoms with E-state index in [0.29, 0.717) is 6.42 Å². The van der Waals surface area contributed by atoms with Crippen LogP contribution >= 0.6 is 0 Å². The number of halogens is 1. The number of alkyl halides is 1. The number of rotatable bonds is 9. The highest BCUT2D eigenvalue weighted by molar-refractivity contribution is 5.72. The van der Waals surface area contributed by atoms with Crippen LogP contribution < -0.4 is 0 Å². The summed E-state index contributed by atoms with van der Waals surface area (Å²) in [5, 5.41) is 0. The quantitative estimate of drug-likeness (QED) is 0.290. The summed E-state index contributed by atoms with van der Waals surface area (Å²) in [6, 6.07) is 14.9. The molecule has 1 atom stereocenters. The highest BCUT2D eigenvalue weighted by Crippen LogP contribution is 2.28. The molecule has 0 saturated heterocycles. The van der Waals surface area contributed by atoms with Gasteiger partial charge in [-0.25, -0.2) is 4.39 Å². The third kappa shape index (κ3) is 5.95. The lowest BCUT2D eigenvalue weighted by atomic mass is 9.95. The first-order valence-corrected chi connectivity index (χ1v) is 10.1. The van der Waals surface area contributed by atoms with E-state index in [9.17, 15) is 4.39 Å². The number of hydrogen-bond acceptors (Lipinski definition) is 2. The average Bonchev–Trinajstić information content (AvgIpc) is 2.74. The third-order valence-corrected chi connectivity index (χ3v) is 4.84. The molecule has 0 spiro atoms. The summed E-state index contributed by atoms with van der Waals surface area (Å²) in [7, 11) is 0. The number of aromatic nitrogens is 2. The summed E-state index contributed by atoms with van der Waals surface area (Å²) >= 11 is 0. The first-order valence-electron chi connectivity index (χ1n) is 10.1. The first kappa shape index (κ1) is 20.7. The maximum atomic E-state index is 12.8. The van der Waals surface area contributed by atoms with Gasteiger partial charge in [0.25, 0.3) is 0 Å². The monoisotopic (exact) mass is 386 g/mol. The van der Waals surface area contributed by atoms with Crippen LogP contribution in [-0.2, 0) is 6.42 Å². The van der Waals surface area contributed by atoms with E-state index in [0.717, 1.165) is 36.1 Å². The third-order valence-electron chi connectivity index (χ3n) is 4.84. The molecular weight excluding hydrogens is 359 g/mol. The first-order chi connectivity index (χ1) is 14.2. The second-order valence-electron chi connectivity index (χ2n) is 7.19. The van der Waals surface area contributed by atoms with Crippen LogP contribution in [0, 0.1) is 0 Å². The fraction of sp³-hybridized carbons (Fsp3) is 0.231. The van der Waals surface area contributed by atoms with E-state index in [2.05, 4.69) is 71.2 Å². The summed E-state index contributed by atoms with van der Waals surface area (Å²) in [5.74, 6) is 0. The molecular formula is C26H27FN2. The SMILES string of the molecule is C=CCc1cc(-c2ccc(C=CCCCC(C)F)cc2)ccc1-c1cnccn1. The number of hydrogen-bond donors (Lipinski definition) is 0. The van der Waals surface area contributed by atoms with Crippen LogP contribution in [0.1, 0.15) is 37.3 Å². The van der Waals surface area contributed by atoms with Crippen molar-refractivity contribution >= 4 is 6.08 Å². The molecule has 2 aromatic carbocycles. The van der Waals surface area contributed by atoms with E-state index in [-0.39, 0.29) is 0 Å². The van der Waals surface area contributed by atoms with Crippen LogP contribution in [0.4, 0.5) is 4.39 Å². The topological polar surface area (TPSA) is 25.8 Å². The standard InChI is InChI=1S/C26H27FN2/c1-3-7-24-18-23(14-15-25(24)26-19-28-16-17-29-26)22-12-10-21(11-13-22)9-6-4-5-8-20(2)27/h3,6,9-20H,1,4-5,7-8H2,2H3. The largest absolute Gasteiger partial charge is 0.261 e. The molecule has 0 saturated carbocycles. The van der Waals surface area contributed by atoms with Crippen LogP contribution in [0.3, 0.4) is 0 Å². The molecule has 1 heterocycles. The molecule has 0 aliphatic heterocycles. The van der Waals surface area contributed by atoms with Crippen molar-refractivity contribution < 1.29 is 4.39 Å². The van der Waals surface area contributed by atoms with Crippen LogP contribution in [0.5, 0.6) is 0 Å². The average molecular weight is 387 g/mol. The minimum Gasteiger partial charge on any atom is -0.261 e. The van der Waals surface area contributed by atoms with Crippen LogP contribution in [0.25, 0.3) is 28.5 Å². The van der Waals surface area contributed by atoms with Gasteiger partial charge in [0, 0.05) is 18.0 Å². The van der Waals surface area contributed by atoms with Crippen molar-refractivity contribution in [2.75, 3.05) is 0 Å². The molecule has 1 unspecified atom stereocenters. The van der Waals surface area contributed by atoms with Gasteiger partial charge in [-0.3, -0.25) is 9.97 Å². The maximum absolute atomic E-state index is 12.8. The Morgan fingerprint density at radius 3 is 2.55 bits per heavy atom. The van der Waals surface area contributed by atoms with E-state index in [1.54, 1.807) is 25.5 Å². The molecule has 0 bridgehead atoms. The lowest BCUT2D eigenvalue weighted by molar-refractivity contribution is 0.335. The van der Waals surface area contributed by atoms with E-state index < -0.39 is 6.17 Å². The van der Waals surface area contributed by atoms with Crippen molar-refractivity contribution in [2.24, 2.45) is 0 Å². The summed E-state index contributed by atoms with van der Waals surface area (Å²) in [6.45, 7) is 5.51. The van der Waals surface area contributed by atoms with Crippen LogP contribution in [-0.4, -0.2) is 16.1 Å². The molecule has 0 radical (unpaired) electrons. The Balaban J connectivity index is 1.75. The van der Waals surface area contributed by atoms with Crippen molar-refractivity contribution in [1.29, 1.82) is 0 Å². The molecule has 0 aliphatic carbocycles. The summed E-state index contributed by atoms with van der Waals surface area (Å²) in [6.07, 6.45) is 13.8. The molecule has 29 heavy (non-hydrogen) atoms. The molecule has 3 rings (SSSR count). The van der Waals surface area contributed by atoms with E-state index in [1.165, 1.54) is 16.7 Å². The zero-order valence-electron chi connectivity index (χ0n) is 16.9. The van der Waals surface area contributed by atoms with Gasteiger partial charge in [0.1, 0.15) is 0 Å². The van der Waals surface area contributed by atoms with Gasteiger partial charge in [0.2, 0.25) is 0 Å². The Hall–Kier alpha value is -3.07. The Kier molecular flexibility index (Phi) is 7.46. The molecule has 0 fully saturated rings. The molecule has 148 valence electrons. The highest BCUT2D eigenvalue weighted by atomic mass is 19.1. The van der Waals surface area contributed by atoms with Gasteiger partial charge in [-0.15, -0.1) is 6.58 Å². The summed E-state index contributed by atoms with van der Waals surface area (Å²) in [4.78, 5) is 8.62. The van der Waals surface area contributed by atoms with Gasteiger partial charge in [0.05, 0.1) is 18.1 Å². The smallest absolute Gasteiger partial charge is 0.0973 e. The second-order valence-corrected chi connectivity index (χ2v) is 7.19. The van der Waals surface area contributed by atoms with Gasteiger partial charge in [0.15, 0.2) is 0 Å². The lowest BCUT2D eigenvalue weighted by Gasteiger charge is -2.11. The predicted octanol–water partition coefficient (Wildman–Crippen LogP) is 7.08. The number of allylic oxidation sites excluding steroid dienone is 2. The van der Waals surface area contributed by atoms with Crippen LogP contribution in [0.2, 0.25) is 0 Å². The van der Waals surface area contributed by atoms with Gasteiger partial charge < -0.3 is 0 Å².